The maximum absolute atomic E-state index is 14.9. The number of rotatable bonds is 13. The molecular weight excluding hydrogens is 1760 g/mol. The van der Waals surface area contributed by atoms with Gasteiger partial charge in [0.2, 0.25) is 21.7 Å². The second-order valence-corrected chi connectivity index (χ2v) is 33.2. The molecule has 5 aromatic carbocycles. The van der Waals surface area contributed by atoms with Crippen LogP contribution in [0.4, 0.5) is 63.7 Å². The molecule has 676 valence electrons. The number of anilines is 5. The summed E-state index contributed by atoms with van der Waals surface area (Å²) < 4.78 is 145. The summed E-state index contributed by atoms with van der Waals surface area (Å²) in [5, 5.41) is 6.00. The fourth-order valence-corrected chi connectivity index (χ4v) is 14.7. The number of aromatic nitrogens is 8. The average Bonchev–Trinajstić information content (AvgIpc) is 1.65. The second-order valence-electron chi connectivity index (χ2n) is 31.1. The minimum atomic E-state index is -0.741. The van der Waals surface area contributed by atoms with Crippen molar-refractivity contribution in [1.29, 1.82) is 0 Å². The van der Waals surface area contributed by atoms with E-state index in [9.17, 15) is 44.7 Å². The number of pyridine rings is 2. The summed E-state index contributed by atoms with van der Waals surface area (Å²) in [6.45, 7) is 35.8. The lowest BCUT2D eigenvalue weighted by Gasteiger charge is -2.34. The Kier molecular flexibility index (Phi) is 34.4. The highest BCUT2D eigenvalue weighted by molar-refractivity contribution is 6.63. The van der Waals surface area contributed by atoms with Crippen LogP contribution in [0.3, 0.4) is 0 Å². The van der Waals surface area contributed by atoms with Crippen molar-refractivity contribution in [3.8, 4) is 56.8 Å². The Morgan fingerprint density at radius 1 is 0.488 bits per heavy atom. The maximum Gasteiger partial charge on any atom is 0.495 e. The van der Waals surface area contributed by atoms with E-state index in [0.717, 1.165) is 107 Å². The Morgan fingerprint density at radius 3 is 1.42 bits per heavy atom. The Balaban J connectivity index is 0.000000153. The fraction of sp³-hybridized carbons (Fsp3) is 0.386. The molecule has 0 aliphatic carbocycles. The van der Waals surface area contributed by atoms with Crippen LogP contribution in [0.2, 0.25) is 20.6 Å². The number of benzene rings is 5. The normalized spacial score (nSPS) is 16.1. The van der Waals surface area contributed by atoms with Gasteiger partial charge >= 0.3 is 7.12 Å². The van der Waals surface area contributed by atoms with Gasteiger partial charge in [-0.2, -0.15) is 0 Å². The molecular formula is C88H97BCl5F8N17O8. The molecule has 0 radical (unpaired) electrons. The van der Waals surface area contributed by atoms with Crippen molar-refractivity contribution >= 4 is 110 Å². The number of nitrogen functional groups attached to an aromatic ring is 1. The molecule has 10 aromatic rings. The molecule has 3 fully saturated rings. The predicted molar refractivity (Wildman–Crippen MR) is 477 cm³/mol. The Hall–Kier alpha value is -10.1. The number of nitrogens with two attached hydrogens (primary N) is 1. The third-order valence-corrected chi connectivity index (χ3v) is 22.3. The van der Waals surface area contributed by atoms with Crippen LogP contribution in [0.1, 0.15) is 91.9 Å². The number of hydrogen-bond donors (Lipinski definition) is 3. The van der Waals surface area contributed by atoms with E-state index in [1.807, 2.05) is 72.1 Å². The Morgan fingerprint density at radius 2 is 0.937 bits per heavy atom. The Bertz CT molecular complexity index is 5450. The molecule has 12 heterocycles. The number of hydrogen-bond acceptors (Lipinski definition) is 24. The van der Waals surface area contributed by atoms with E-state index in [4.69, 9.17) is 80.4 Å². The van der Waals surface area contributed by atoms with Gasteiger partial charge in [0.1, 0.15) is 61.0 Å². The zero-order valence-electron chi connectivity index (χ0n) is 71.6. The quantitative estimate of drug-likeness (QED) is 0.0318. The molecule has 0 unspecified atom stereocenters. The molecule has 7 aliphatic heterocycles. The molecule has 0 atom stereocenters. The van der Waals surface area contributed by atoms with Gasteiger partial charge in [0.15, 0.2) is 63.7 Å². The monoisotopic (exact) mass is 1860 g/mol. The third kappa shape index (κ3) is 26.3. The SMILES string of the molecule is CC(=O)Cl.CC(=O)N1CCOc2c(F)cc(-c3nc(Cl)ncc3F)cc21.CC1(C)OB(c2cc(F)c3c(c2)NCCO3)OC1(C)C.CCN1CCN(Cc2ccc(Cc3ncc(F)c(-c4cc(F)c5c(c4)N(C(C)C)CCO5)n3)nc2)CC1.CCN1CCN(Cc2ccc(N)nc2)CC1.Fc1ccc(Cl)cc1Cl.Fc1cnc(Cl)nc1-c1cc(F)c2c(c1)NCCO2. The van der Waals surface area contributed by atoms with Crippen molar-refractivity contribution in [2.45, 2.75) is 106 Å². The standard InChI is InChI=1S/C28H34F2N6O.C14H19BFNO3.C14H10ClF2N3O2.C12H8ClF2N3O.C12H20N4.C6H3Cl2F.C2H3ClO/c1-4-34-7-9-35(10-8-34)18-20-5-6-22(31-16-20)15-26-32-17-24(30)27(33-26)21-13-23(29)28-25(14-21)36(19(2)3)11-12-37-28;1-13(2)14(3,4)20-15(19-13)9-7-10(16)12-11(8-9)17-5-6-18-12;1-7(21)20-2-3-22-13-9(16)4-8(5-11(13)20)12-10(17)6-18-14(15)19-12;13-12-17-5-8(15)10(18-12)6-3-7(14)11-9(4-6)16-1-2-19-11;1-2-15-5-7-16(8-6-15)10-11-3-4-12(13)14-9-11;7-4-1-2-6(9)5(8)3-4;1-2(3)4/h5-6,13-14,16-17,19H,4,7-12,15,18H2,1-3H3;7-8,17H,5-6H2,1-4H3;4-6H,2-3H2,1H3;3-5,16H,1-2H2;3-4,9H,2,5-8,10H2,1H3,(H2,13,14);1-3H;1H3. The first-order valence-corrected chi connectivity index (χ1v) is 42.9. The van der Waals surface area contributed by atoms with E-state index in [1.165, 1.54) is 73.8 Å². The van der Waals surface area contributed by atoms with E-state index in [2.05, 4.69) is 113 Å². The van der Waals surface area contributed by atoms with Crippen LogP contribution in [0.5, 0.6) is 23.0 Å². The third-order valence-electron chi connectivity index (χ3n) is 21.4. The number of nitrogens with zero attached hydrogens (tertiary/aromatic N) is 14. The maximum atomic E-state index is 14.9. The fourth-order valence-electron chi connectivity index (χ4n) is 14.1. The summed E-state index contributed by atoms with van der Waals surface area (Å²) >= 11 is 26.7. The molecule has 17 rings (SSSR count). The highest BCUT2D eigenvalue weighted by atomic mass is 35.5. The van der Waals surface area contributed by atoms with Gasteiger partial charge < -0.3 is 64.2 Å². The number of ether oxygens (including phenoxy) is 4. The van der Waals surface area contributed by atoms with Gasteiger partial charge in [-0.25, -0.2) is 70.0 Å². The molecule has 25 nitrogen and oxygen atoms in total. The molecule has 39 heteroatoms. The first-order chi connectivity index (χ1) is 60.5. The van der Waals surface area contributed by atoms with Crippen molar-refractivity contribution < 1.29 is 73.0 Å². The van der Waals surface area contributed by atoms with Crippen molar-refractivity contribution in [2.75, 3.05) is 144 Å². The number of halogens is 13. The second kappa shape index (κ2) is 44.8. The number of amides is 1. The number of fused-ring (bicyclic) bond motifs is 4. The minimum absolute atomic E-state index is 0.0363. The van der Waals surface area contributed by atoms with Crippen molar-refractivity contribution in [3.05, 3.63) is 212 Å². The van der Waals surface area contributed by atoms with Gasteiger partial charge in [-0.1, -0.05) is 49.2 Å². The van der Waals surface area contributed by atoms with Gasteiger partial charge in [-0.3, -0.25) is 24.4 Å². The van der Waals surface area contributed by atoms with Crippen LogP contribution in [0, 0.1) is 46.5 Å². The molecule has 3 saturated heterocycles. The summed E-state index contributed by atoms with van der Waals surface area (Å²) in [5.74, 6) is -3.29. The minimum Gasteiger partial charge on any atom is -0.486 e. The molecule has 0 bridgehead atoms. The number of nitrogens with one attached hydrogen (secondary N) is 2. The number of piperazine rings is 2. The summed E-state index contributed by atoms with van der Waals surface area (Å²) in [6, 6.07) is 23.7. The molecule has 1 amide bonds. The number of likely N-dealkylation sites (N-methyl/N-ethyl adjacent to an activating group) is 2. The first-order valence-electron chi connectivity index (χ1n) is 41.0. The Labute approximate surface area is 757 Å². The lowest BCUT2D eigenvalue weighted by molar-refractivity contribution is -0.116. The van der Waals surface area contributed by atoms with Crippen LogP contribution < -0.4 is 50.6 Å². The summed E-state index contributed by atoms with van der Waals surface area (Å²) in [6.07, 6.45) is 7.13. The van der Waals surface area contributed by atoms with Gasteiger partial charge in [0.25, 0.3) is 0 Å². The van der Waals surface area contributed by atoms with Crippen LogP contribution in [0.15, 0.2) is 122 Å². The van der Waals surface area contributed by atoms with Crippen molar-refractivity contribution in [1.82, 2.24) is 59.5 Å². The van der Waals surface area contributed by atoms with Crippen molar-refractivity contribution in [3.63, 3.8) is 0 Å². The average molecular weight is 1860 g/mol. The van der Waals surface area contributed by atoms with Gasteiger partial charge in [-0.05, 0) is 185 Å². The van der Waals surface area contributed by atoms with E-state index >= 15 is 0 Å². The molecule has 0 spiro atoms. The molecule has 127 heavy (non-hydrogen) atoms. The van der Waals surface area contributed by atoms with Gasteiger partial charge in [-0.15, -0.1) is 0 Å². The smallest absolute Gasteiger partial charge is 0.486 e. The summed E-state index contributed by atoms with van der Waals surface area (Å²) in [7, 11) is -0.566. The van der Waals surface area contributed by atoms with E-state index in [1.54, 1.807) is 12.1 Å². The predicted octanol–water partition coefficient (Wildman–Crippen LogP) is 16.5. The van der Waals surface area contributed by atoms with E-state index in [0.29, 0.717) is 90.6 Å². The van der Waals surface area contributed by atoms with Crippen LogP contribution in [0.25, 0.3) is 33.8 Å². The molecule has 7 aliphatic rings. The highest BCUT2D eigenvalue weighted by Gasteiger charge is 2.52. The van der Waals surface area contributed by atoms with Gasteiger partial charge in [0.05, 0.1) is 77.1 Å². The summed E-state index contributed by atoms with van der Waals surface area (Å²) in [4.78, 5) is 66.1. The van der Waals surface area contributed by atoms with E-state index < -0.39 is 59.0 Å². The topological polar surface area (TPSA) is 262 Å². The van der Waals surface area contributed by atoms with Crippen molar-refractivity contribution in [2.24, 2.45) is 0 Å². The zero-order chi connectivity index (χ0) is 91.6. The first kappa shape index (κ1) is 97.5. The molecule has 0 saturated carbocycles. The summed E-state index contributed by atoms with van der Waals surface area (Å²) in [5.41, 5.74) is 11.2. The molecule has 5 aromatic heterocycles. The number of carbonyl (C=O) groups excluding carboxylic acids is 2. The highest BCUT2D eigenvalue weighted by Crippen LogP contribution is 2.43. The largest absolute Gasteiger partial charge is 0.495 e. The van der Waals surface area contributed by atoms with E-state index in [-0.39, 0.29) is 109 Å². The lowest BCUT2D eigenvalue weighted by atomic mass is 9.78. The van der Waals surface area contributed by atoms with Crippen LogP contribution >= 0.6 is 58.0 Å². The lowest BCUT2D eigenvalue weighted by Crippen LogP contribution is -2.45. The van der Waals surface area contributed by atoms with Gasteiger partial charge in [0, 0.05) is 138 Å². The number of carbonyl (C=O) groups is 2. The zero-order valence-corrected chi connectivity index (χ0v) is 75.3. The van der Waals surface area contributed by atoms with Crippen LogP contribution in [-0.2, 0) is 38.4 Å². The van der Waals surface area contributed by atoms with Crippen LogP contribution in [-0.4, -0.2) is 213 Å². The molecule has 4 N–H and O–H groups in total.